The second kappa shape index (κ2) is 9.06. The monoisotopic (exact) mass is 328 g/mol. The van der Waals surface area contributed by atoms with Crippen LogP contribution in [0.4, 0.5) is 0 Å². The van der Waals surface area contributed by atoms with E-state index in [0.717, 1.165) is 0 Å². The third kappa shape index (κ3) is 568. The van der Waals surface area contributed by atoms with E-state index >= 15 is 0 Å². The van der Waals surface area contributed by atoms with Crippen molar-refractivity contribution in [2.24, 2.45) is 0 Å². The Kier molecular flexibility index (Phi) is 17.7. The molecular formula is Ga2O8P2. The smallest absolute Gasteiger partial charge is 0.822 e. The third-order valence-corrected chi connectivity index (χ3v) is 0. The Morgan fingerprint density at radius 3 is 0.583 bits per heavy atom. The number of phosphoric acid groups is 2. The Bertz CT molecular complexity index is 127. The Balaban J connectivity index is -0.0000000457. The second-order valence-corrected chi connectivity index (χ2v) is 2.68. The van der Waals surface area contributed by atoms with E-state index in [9.17, 15) is 0 Å². The van der Waals surface area contributed by atoms with Crippen molar-refractivity contribution in [3.63, 3.8) is 0 Å². The summed E-state index contributed by atoms with van der Waals surface area (Å²) in [6.07, 6.45) is 0. The van der Waals surface area contributed by atoms with Gasteiger partial charge in [0.25, 0.3) is 0 Å². The van der Waals surface area contributed by atoms with E-state index in [1.54, 1.807) is 0 Å². The standard InChI is InChI=1S/2Ga.2H3O4P/c;;2*1-5(2,3)4/h;;2*(H3,1,2,3,4)/q2*+3;;/p-6. The van der Waals surface area contributed by atoms with Crippen molar-refractivity contribution in [2.75, 3.05) is 0 Å². The summed E-state index contributed by atoms with van der Waals surface area (Å²) in [5.41, 5.74) is 0. The SMILES string of the molecule is O=P([O-])([O-])[O-].O=P([O-])([O-])[O-].[Ga+3].[Ga+3]. The van der Waals surface area contributed by atoms with Crippen LogP contribution in [0.2, 0.25) is 0 Å². The normalized spacial score (nSPS) is 9.83. The second-order valence-electron chi connectivity index (χ2n) is 0.894. The third-order valence-electron chi connectivity index (χ3n) is 0. The molecule has 0 unspecified atom stereocenters. The first-order chi connectivity index (χ1) is 4.00. The van der Waals surface area contributed by atoms with Crippen molar-refractivity contribution in [3.05, 3.63) is 0 Å². The van der Waals surface area contributed by atoms with Crippen molar-refractivity contribution in [1.82, 2.24) is 0 Å². The molecular weight excluding hydrogens is 329 g/mol. The van der Waals surface area contributed by atoms with Crippen LogP contribution >= 0.6 is 15.6 Å². The minimum atomic E-state index is -5.39. The summed E-state index contributed by atoms with van der Waals surface area (Å²) in [6.45, 7) is 0. The van der Waals surface area contributed by atoms with Gasteiger partial charge < -0.3 is 38.5 Å². The number of hydrogen-bond donors (Lipinski definition) is 0. The maximum Gasteiger partial charge on any atom is 3.00 e. The van der Waals surface area contributed by atoms with Crippen LogP contribution in [0.1, 0.15) is 0 Å². The zero-order valence-corrected chi connectivity index (χ0v) is 11.9. The minimum Gasteiger partial charge on any atom is -0.822 e. The molecule has 0 radical (unpaired) electrons. The van der Waals surface area contributed by atoms with Gasteiger partial charge in [-0.2, -0.15) is 15.6 Å². The van der Waals surface area contributed by atoms with E-state index in [4.69, 9.17) is 38.5 Å². The first-order valence-electron chi connectivity index (χ1n) is 1.46. The van der Waals surface area contributed by atoms with Gasteiger partial charge in [-0.25, -0.2) is 0 Å². The van der Waals surface area contributed by atoms with Gasteiger partial charge in [-0.15, -0.1) is 0 Å². The number of hydrogen-bond acceptors (Lipinski definition) is 8. The van der Waals surface area contributed by atoms with Crippen molar-refractivity contribution in [2.45, 2.75) is 0 Å². The molecule has 64 valence electrons. The van der Waals surface area contributed by atoms with E-state index < -0.39 is 15.6 Å². The molecule has 0 fully saturated rings. The maximum absolute atomic E-state index is 8.55. The molecule has 0 rings (SSSR count). The Morgan fingerprint density at radius 1 is 0.583 bits per heavy atom. The van der Waals surface area contributed by atoms with Crippen LogP contribution in [0.25, 0.3) is 0 Å². The van der Waals surface area contributed by atoms with Gasteiger partial charge in [0, 0.05) is 0 Å². The summed E-state index contributed by atoms with van der Waals surface area (Å²) in [7, 11) is -10.8. The fraction of sp³-hybridized carbons (Fsp3) is 0. The largest absolute Gasteiger partial charge is 3.00 e. The molecule has 0 atom stereocenters. The first-order valence-corrected chi connectivity index (χ1v) is 4.38. The summed E-state index contributed by atoms with van der Waals surface area (Å²) in [6, 6.07) is 0. The molecule has 0 heterocycles. The van der Waals surface area contributed by atoms with Crippen LogP contribution in [0.15, 0.2) is 0 Å². The molecule has 0 N–H and O–H groups in total. The molecule has 0 spiro atoms. The quantitative estimate of drug-likeness (QED) is 0.311. The molecule has 0 aromatic rings. The summed E-state index contributed by atoms with van der Waals surface area (Å²) >= 11 is 0. The van der Waals surface area contributed by atoms with Gasteiger partial charge in [0.2, 0.25) is 0 Å². The molecule has 0 aliphatic carbocycles. The zero-order chi connectivity index (χ0) is 9.00. The van der Waals surface area contributed by atoms with Crippen molar-refractivity contribution >= 4 is 55.2 Å². The van der Waals surface area contributed by atoms with Gasteiger partial charge in [0.05, 0.1) is 0 Å². The molecule has 8 nitrogen and oxygen atoms in total. The Morgan fingerprint density at radius 2 is 0.583 bits per heavy atom. The molecule has 0 saturated heterocycles. The van der Waals surface area contributed by atoms with Gasteiger partial charge in [0.15, 0.2) is 0 Å². The molecule has 0 aliphatic rings. The predicted octanol–water partition coefficient (Wildman–Crippen LogP) is -6.41. The molecule has 12 heavy (non-hydrogen) atoms. The van der Waals surface area contributed by atoms with Crippen molar-refractivity contribution in [1.29, 1.82) is 0 Å². The molecule has 0 aromatic carbocycles. The van der Waals surface area contributed by atoms with Crippen LogP contribution in [-0.4, -0.2) is 39.6 Å². The summed E-state index contributed by atoms with van der Waals surface area (Å²) < 4.78 is 17.1. The van der Waals surface area contributed by atoms with Gasteiger partial charge >= 0.3 is 39.6 Å². The van der Waals surface area contributed by atoms with Gasteiger partial charge in [0.1, 0.15) is 0 Å². The number of rotatable bonds is 0. The van der Waals surface area contributed by atoms with Gasteiger partial charge in [-0.05, 0) is 0 Å². The van der Waals surface area contributed by atoms with Crippen LogP contribution in [0.5, 0.6) is 0 Å². The molecule has 0 bridgehead atoms. The molecule has 0 aromatic heterocycles. The molecule has 0 amide bonds. The first kappa shape index (κ1) is 23.4. The topological polar surface area (TPSA) is 172 Å². The fourth-order valence-electron chi connectivity index (χ4n) is 0. The van der Waals surface area contributed by atoms with E-state index in [1.165, 1.54) is 0 Å². The summed E-state index contributed by atoms with van der Waals surface area (Å²) in [5, 5.41) is 0. The zero-order valence-electron chi connectivity index (χ0n) is 5.32. The molecule has 0 aliphatic heterocycles. The fourth-order valence-corrected chi connectivity index (χ4v) is 0. The Labute approximate surface area is 93.6 Å². The van der Waals surface area contributed by atoms with Crippen LogP contribution in [-0.2, 0) is 9.13 Å². The van der Waals surface area contributed by atoms with E-state index in [0.29, 0.717) is 0 Å². The van der Waals surface area contributed by atoms with E-state index in [1.807, 2.05) is 0 Å². The van der Waals surface area contributed by atoms with Gasteiger partial charge in [-0.1, -0.05) is 0 Å². The predicted molar refractivity (Wildman–Crippen MR) is 26.7 cm³/mol. The summed E-state index contributed by atoms with van der Waals surface area (Å²) in [5.74, 6) is 0. The maximum atomic E-state index is 8.55. The van der Waals surface area contributed by atoms with Crippen LogP contribution < -0.4 is 29.4 Å². The van der Waals surface area contributed by atoms with Crippen molar-refractivity contribution in [3.8, 4) is 0 Å². The molecule has 0 saturated carbocycles. The summed E-state index contributed by atoms with van der Waals surface area (Å²) in [4.78, 5) is 51.3. The average Bonchev–Trinajstić information content (AvgIpc) is 1.12. The average molecular weight is 329 g/mol. The van der Waals surface area contributed by atoms with Crippen LogP contribution in [0, 0.1) is 0 Å². The van der Waals surface area contributed by atoms with Crippen molar-refractivity contribution < 1.29 is 38.5 Å². The molecule has 12 heteroatoms. The van der Waals surface area contributed by atoms with E-state index in [2.05, 4.69) is 0 Å². The minimum absolute atomic E-state index is 0. The van der Waals surface area contributed by atoms with E-state index in [-0.39, 0.29) is 39.6 Å². The van der Waals surface area contributed by atoms with Crippen LogP contribution in [0.3, 0.4) is 0 Å². The Hall–Kier alpha value is 1.49. The van der Waals surface area contributed by atoms with Gasteiger partial charge in [-0.3, -0.25) is 0 Å².